The number of rotatable bonds is 4. The fourth-order valence-electron chi connectivity index (χ4n) is 3.30. The van der Waals surface area contributed by atoms with Crippen molar-refractivity contribution in [3.63, 3.8) is 0 Å². The average Bonchev–Trinajstić information content (AvgIpc) is 3.43. The van der Waals surface area contributed by atoms with Crippen LogP contribution in [0.25, 0.3) is 0 Å². The summed E-state index contributed by atoms with van der Waals surface area (Å²) in [6, 6.07) is 10.1. The molecule has 1 aromatic carbocycles. The predicted molar refractivity (Wildman–Crippen MR) is 125 cm³/mol. The Hall–Kier alpha value is -1.42. The first-order chi connectivity index (χ1) is 14.1. The molecule has 0 spiro atoms. The van der Waals surface area contributed by atoms with E-state index in [2.05, 4.69) is 10.0 Å². The van der Waals surface area contributed by atoms with Crippen LogP contribution in [0.15, 0.2) is 46.9 Å². The second kappa shape index (κ2) is 9.59. The Morgan fingerprint density at radius 2 is 2.00 bits per heavy atom. The van der Waals surface area contributed by atoms with Crippen LogP contribution in [0.1, 0.15) is 22.9 Å². The number of thiophene rings is 1. The van der Waals surface area contributed by atoms with Gasteiger partial charge in [-0.3, -0.25) is 4.79 Å². The van der Waals surface area contributed by atoms with Crippen molar-refractivity contribution in [3.05, 3.63) is 58.0 Å². The summed E-state index contributed by atoms with van der Waals surface area (Å²) in [5.41, 5.74) is 1.78. The molecule has 2 aromatic rings. The third-order valence-corrected chi connectivity index (χ3v) is 8.18. The highest BCUT2D eigenvalue weighted by molar-refractivity contribution is 8.23. The van der Waals surface area contributed by atoms with E-state index in [1.54, 1.807) is 28.5 Å². The molecule has 0 aliphatic carbocycles. The lowest BCUT2D eigenvalue weighted by molar-refractivity contribution is -0.130. The van der Waals surface area contributed by atoms with Gasteiger partial charge in [-0.1, -0.05) is 42.2 Å². The highest BCUT2D eigenvalue weighted by Gasteiger charge is 2.33. The summed E-state index contributed by atoms with van der Waals surface area (Å²) in [5, 5.41) is 8.20. The highest BCUT2D eigenvalue weighted by atomic mass is 32.2. The van der Waals surface area contributed by atoms with Crippen LogP contribution < -0.4 is 0 Å². The Morgan fingerprint density at radius 1 is 1.24 bits per heavy atom. The Balaban J connectivity index is 1.48. The number of hydrogen-bond donors (Lipinski definition) is 0. The molecular formula is C20H20FN3OS4. The third kappa shape index (κ3) is 5.02. The van der Waals surface area contributed by atoms with E-state index in [1.165, 1.54) is 23.9 Å². The fourth-order valence-corrected chi connectivity index (χ4v) is 6.03. The van der Waals surface area contributed by atoms with Crippen LogP contribution in [0.2, 0.25) is 0 Å². The molecule has 0 radical (unpaired) electrons. The molecule has 152 valence electrons. The van der Waals surface area contributed by atoms with E-state index in [9.17, 15) is 9.18 Å². The van der Waals surface area contributed by atoms with E-state index in [1.807, 2.05) is 29.3 Å². The quantitative estimate of drug-likeness (QED) is 0.615. The van der Waals surface area contributed by atoms with Gasteiger partial charge in [0.1, 0.15) is 10.1 Å². The van der Waals surface area contributed by atoms with E-state index in [0.717, 1.165) is 45.1 Å². The number of nitrogens with zero attached hydrogens (tertiary/aromatic N) is 3. The summed E-state index contributed by atoms with van der Waals surface area (Å²) in [6.45, 7) is 1.88. The third-order valence-electron chi connectivity index (χ3n) is 4.81. The number of amides is 1. The van der Waals surface area contributed by atoms with E-state index < -0.39 is 0 Å². The second-order valence-corrected chi connectivity index (χ2v) is 10.5. The molecule has 2 aliphatic rings. The largest absolute Gasteiger partial charge is 0.356 e. The van der Waals surface area contributed by atoms with Gasteiger partial charge in [0.2, 0.25) is 0 Å². The highest BCUT2D eigenvalue weighted by Crippen LogP contribution is 2.34. The van der Waals surface area contributed by atoms with Crippen LogP contribution >= 0.6 is 47.1 Å². The number of carbonyl (C=O) groups is 1. The lowest BCUT2D eigenvalue weighted by atomic mass is 10.0. The molecule has 1 atom stereocenters. The maximum absolute atomic E-state index is 13.4. The molecule has 1 aromatic heterocycles. The number of hydrogen-bond acceptors (Lipinski definition) is 6. The number of hydrazone groups is 1. The minimum absolute atomic E-state index is 0.0791. The lowest BCUT2D eigenvalue weighted by Gasteiger charge is -2.28. The Kier molecular flexibility index (Phi) is 6.89. The van der Waals surface area contributed by atoms with Gasteiger partial charge in [-0.05, 0) is 29.1 Å². The smallest absolute Gasteiger partial charge is 0.253 e. The molecule has 1 fully saturated rings. The lowest BCUT2D eigenvalue weighted by Crippen LogP contribution is -2.36. The summed E-state index contributed by atoms with van der Waals surface area (Å²) in [7, 11) is 0. The Labute approximate surface area is 187 Å². The summed E-state index contributed by atoms with van der Waals surface area (Å²) >= 11 is 10.5. The zero-order chi connectivity index (χ0) is 20.2. The van der Waals surface area contributed by atoms with E-state index in [4.69, 9.17) is 12.2 Å². The van der Waals surface area contributed by atoms with Gasteiger partial charge in [0.05, 0.1) is 22.4 Å². The van der Waals surface area contributed by atoms with Crippen LogP contribution in [0.5, 0.6) is 0 Å². The Morgan fingerprint density at radius 3 is 2.69 bits per heavy atom. The maximum atomic E-state index is 13.4. The fraction of sp³-hybridized carbons (Fsp3) is 0.350. The van der Waals surface area contributed by atoms with Gasteiger partial charge in [-0.15, -0.1) is 11.3 Å². The van der Waals surface area contributed by atoms with Crippen molar-refractivity contribution >= 4 is 63.0 Å². The number of thioether (sulfide) groups is 2. The predicted octanol–water partition coefficient (Wildman–Crippen LogP) is 4.63. The molecule has 2 aliphatic heterocycles. The van der Waals surface area contributed by atoms with Gasteiger partial charge in [-0.25, -0.2) is 9.40 Å². The molecule has 1 amide bonds. The Bertz CT molecular complexity index is 895. The minimum atomic E-state index is -0.287. The first-order valence-corrected chi connectivity index (χ1v) is 12.7. The zero-order valence-electron chi connectivity index (χ0n) is 15.6. The van der Waals surface area contributed by atoms with Crippen LogP contribution in [-0.2, 0) is 4.79 Å². The van der Waals surface area contributed by atoms with Gasteiger partial charge in [0, 0.05) is 31.0 Å². The first kappa shape index (κ1) is 20.8. The molecule has 3 heterocycles. The SMILES string of the molecule is O=C(CSC(=S)N1CCSCC1)N1N=C(c2cccs2)CC1c1ccc(F)cc1. The molecule has 1 saturated heterocycles. The molecule has 9 heteroatoms. The monoisotopic (exact) mass is 465 g/mol. The summed E-state index contributed by atoms with van der Waals surface area (Å²) in [6.07, 6.45) is 0.621. The number of thiocarbonyl (C=S) groups is 1. The molecule has 4 nitrogen and oxygen atoms in total. The number of benzene rings is 1. The molecule has 29 heavy (non-hydrogen) atoms. The van der Waals surface area contributed by atoms with Crippen molar-refractivity contribution in [2.24, 2.45) is 5.10 Å². The van der Waals surface area contributed by atoms with Gasteiger partial charge in [0.25, 0.3) is 5.91 Å². The molecule has 0 bridgehead atoms. The average molecular weight is 466 g/mol. The summed E-state index contributed by atoms with van der Waals surface area (Å²) < 4.78 is 14.2. The summed E-state index contributed by atoms with van der Waals surface area (Å²) in [5.74, 6) is 2.03. The zero-order valence-corrected chi connectivity index (χ0v) is 18.9. The van der Waals surface area contributed by atoms with Gasteiger partial charge >= 0.3 is 0 Å². The number of halogens is 1. The van der Waals surface area contributed by atoms with Crippen molar-refractivity contribution in [1.29, 1.82) is 0 Å². The number of carbonyl (C=O) groups excluding carboxylic acids is 1. The molecule has 1 unspecified atom stereocenters. The second-order valence-electron chi connectivity index (χ2n) is 6.69. The van der Waals surface area contributed by atoms with E-state index in [-0.39, 0.29) is 23.5 Å². The van der Waals surface area contributed by atoms with Crippen LogP contribution in [0, 0.1) is 5.82 Å². The molecule has 0 N–H and O–H groups in total. The van der Waals surface area contributed by atoms with Gasteiger partial charge in [0.15, 0.2) is 0 Å². The van der Waals surface area contributed by atoms with Gasteiger partial charge in [-0.2, -0.15) is 16.9 Å². The van der Waals surface area contributed by atoms with Crippen molar-refractivity contribution in [3.8, 4) is 0 Å². The van der Waals surface area contributed by atoms with Crippen molar-refractivity contribution in [2.75, 3.05) is 30.3 Å². The first-order valence-electron chi connectivity index (χ1n) is 9.30. The van der Waals surface area contributed by atoms with Crippen molar-refractivity contribution in [2.45, 2.75) is 12.5 Å². The molecule has 4 rings (SSSR count). The maximum Gasteiger partial charge on any atom is 0.253 e. The molecular weight excluding hydrogens is 446 g/mol. The van der Waals surface area contributed by atoms with Gasteiger partial charge < -0.3 is 4.90 Å². The van der Waals surface area contributed by atoms with Crippen molar-refractivity contribution in [1.82, 2.24) is 9.91 Å². The van der Waals surface area contributed by atoms with E-state index >= 15 is 0 Å². The van der Waals surface area contributed by atoms with E-state index in [0.29, 0.717) is 6.42 Å². The van der Waals surface area contributed by atoms with Crippen molar-refractivity contribution < 1.29 is 9.18 Å². The summed E-state index contributed by atoms with van der Waals surface area (Å²) in [4.78, 5) is 16.3. The molecule has 0 saturated carbocycles. The topological polar surface area (TPSA) is 35.9 Å². The van der Waals surface area contributed by atoms with Crippen LogP contribution in [0.3, 0.4) is 0 Å². The van der Waals surface area contributed by atoms with Crippen LogP contribution in [0.4, 0.5) is 4.39 Å². The van der Waals surface area contributed by atoms with Crippen LogP contribution in [-0.4, -0.2) is 56.2 Å². The standard InChI is InChI=1S/C20H20FN3OS4/c21-15-5-3-14(4-6-15)17-12-16(18-2-1-9-28-18)22-24(17)19(25)13-29-20(26)23-7-10-27-11-8-23/h1-6,9,17H,7-8,10-13H2. The normalized spacial score (nSPS) is 19.3. The minimum Gasteiger partial charge on any atom is -0.356 e.